The fraction of sp³-hybridized carbons (Fsp3) is 0.233. The third-order valence-corrected chi connectivity index (χ3v) is 6.24. The Balaban J connectivity index is 1.53. The van der Waals surface area contributed by atoms with E-state index in [0.717, 1.165) is 52.5 Å². The van der Waals surface area contributed by atoms with Gasteiger partial charge in [0.15, 0.2) is 5.75 Å². The van der Waals surface area contributed by atoms with Crippen molar-refractivity contribution < 1.29 is 14.3 Å². The molecule has 192 valence electrons. The second kappa shape index (κ2) is 11.6. The zero-order valence-corrected chi connectivity index (χ0v) is 21.5. The normalized spacial score (nSPS) is 11.0. The molecule has 0 aliphatic heterocycles. The van der Waals surface area contributed by atoms with Crippen LogP contribution in [0.2, 0.25) is 0 Å². The highest BCUT2D eigenvalue weighted by molar-refractivity contribution is 6.06. The van der Waals surface area contributed by atoms with Gasteiger partial charge in [0.05, 0.1) is 17.8 Å². The Bertz CT molecular complexity index is 1530. The lowest BCUT2D eigenvalue weighted by molar-refractivity contribution is 0.0499. The minimum absolute atomic E-state index is 0.364. The lowest BCUT2D eigenvalue weighted by Gasteiger charge is -2.17. The van der Waals surface area contributed by atoms with Gasteiger partial charge in [-0.25, -0.2) is 9.78 Å². The summed E-state index contributed by atoms with van der Waals surface area (Å²) in [6, 6.07) is 23.2. The van der Waals surface area contributed by atoms with Gasteiger partial charge in [0, 0.05) is 10.9 Å². The summed E-state index contributed by atoms with van der Waals surface area (Å²) in [6.45, 7) is 4.51. The third-order valence-electron chi connectivity index (χ3n) is 6.24. The van der Waals surface area contributed by atoms with Crippen LogP contribution in [0, 0.1) is 0 Å². The van der Waals surface area contributed by atoms with Gasteiger partial charge in [-0.1, -0.05) is 81.3 Å². The van der Waals surface area contributed by atoms with E-state index in [4.69, 9.17) is 14.5 Å². The number of ether oxygens (including phenoxy) is 2. The molecule has 5 rings (SSSR count). The number of hydrogen-bond acceptors (Lipinski definition) is 7. The summed E-state index contributed by atoms with van der Waals surface area (Å²) in [4.78, 5) is 18.2. The van der Waals surface area contributed by atoms with Crippen LogP contribution in [-0.2, 0) is 11.2 Å². The first kappa shape index (κ1) is 25.1. The van der Waals surface area contributed by atoms with Crippen molar-refractivity contribution in [3.8, 4) is 34.0 Å². The number of hydrogen-bond donors (Lipinski definition) is 1. The van der Waals surface area contributed by atoms with E-state index in [0.29, 0.717) is 35.9 Å². The van der Waals surface area contributed by atoms with Crippen LogP contribution in [0.3, 0.4) is 0 Å². The molecule has 5 aromatic rings. The molecule has 2 heterocycles. The summed E-state index contributed by atoms with van der Waals surface area (Å²) in [5, 5.41) is 15.2. The van der Waals surface area contributed by atoms with E-state index in [-0.39, 0.29) is 0 Å². The Morgan fingerprint density at radius 1 is 0.895 bits per heavy atom. The molecule has 8 nitrogen and oxygen atoms in total. The maximum atomic E-state index is 13.3. The number of fused-ring (bicyclic) bond motifs is 1. The van der Waals surface area contributed by atoms with Crippen molar-refractivity contribution >= 4 is 16.9 Å². The Morgan fingerprint density at radius 2 is 1.66 bits per heavy atom. The molecule has 38 heavy (non-hydrogen) atoms. The van der Waals surface area contributed by atoms with Crippen LogP contribution >= 0.6 is 0 Å². The number of nitrogens with zero attached hydrogens (tertiary/aromatic N) is 4. The Morgan fingerprint density at radius 3 is 2.39 bits per heavy atom. The number of esters is 1. The number of aromatic nitrogens is 5. The molecular formula is C30H29N5O3. The SMILES string of the molecule is CCCCOC(=O)c1c(Oc2ccc(-c3ccccc3-c3nn[nH]n3)cc2)c(CCC)nc2ccccc12. The third kappa shape index (κ3) is 5.25. The average Bonchev–Trinajstić information content (AvgIpc) is 3.49. The summed E-state index contributed by atoms with van der Waals surface area (Å²) in [6.07, 6.45) is 3.28. The van der Waals surface area contributed by atoms with Crippen LogP contribution in [-0.4, -0.2) is 38.2 Å². The molecule has 0 saturated heterocycles. The van der Waals surface area contributed by atoms with Gasteiger partial charge < -0.3 is 9.47 Å². The van der Waals surface area contributed by atoms with Crippen molar-refractivity contribution in [1.82, 2.24) is 25.6 Å². The molecule has 0 fully saturated rings. The summed E-state index contributed by atoms with van der Waals surface area (Å²) in [5.41, 5.74) is 4.72. The Hall–Kier alpha value is -4.59. The van der Waals surface area contributed by atoms with E-state index in [1.165, 1.54) is 0 Å². The van der Waals surface area contributed by atoms with Crippen LogP contribution in [0.4, 0.5) is 0 Å². The van der Waals surface area contributed by atoms with Crippen LogP contribution in [0.5, 0.6) is 11.5 Å². The van der Waals surface area contributed by atoms with Gasteiger partial charge in [-0.05, 0) is 47.4 Å². The van der Waals surface area contributed by atoms with Gasteiger partial charge in [0.2, 0.25) is 5.82 Å². The van der Waals surface area contributed by atoms with Gasteiger partial charge in [-0.3, -0.25) is 0 Å². The van der Waals surface area contributed by atoms with Gasteiger partial charge in [-0.2, -0.15) is 5.21 Å². The Labute approximate surface area is 221 Å². The molecule has 2 aromatic heterocycles. The molecule has 0 bridgehead atoms. The molecule has 1 N–H and O–H groups in total. The zero-order chi connectivity index (χ0) is 26.3. The number of carbonyl (C=O) groups is 1. The van der Waals surface area contributed by atoms with Crippen molar-refractivity contribution in [3.63, 3.8) is 0 Å². The molecule has 0 saturated carbocycles. The first-order valence-corrected chi connectivity index (χ1v) is 12.9. The first-order chi connectivity index (χ1) is 18.7. The molecule has 0 radical (unpaired) electrons. The molecule has 0 aliphatic rings. The number of benzene rings is 3. The number of H-pyrrole nitrogens is 1. The number of carbonyl (C=O) groups excluding carboxylic acids is 1. The number of tetrazole rings is 1. The van der Waals surface area contributed by atoms with Crippen LogP contribution < -0.4 is 4.74 Å². The molecule has 0 atom stereocenters. The minimum atomic E-state index is -0.393. The standard InChI is InChI=1S/C30H29N5O3/c1-3-5-19-37-30(36)27-24-13-8-9-14-25(24)31-26(10-4-2)28(27)38-21-17-15-20(16-18-21)22-11-6-7-12-23(22)29-32-34-35-33-29/h6-9,11-18H,3-5,10,19H2,1-2H3,(H,32,33,34,35). The number of aryl methyl sites for hydroxylation is 1. The van der Waals surface area contributed by atoms with E-state index < -0.39 is 5.97 Å². The molecule has 0 aliphatic carbocycles. The summed E-state index contributed by atoms with van der Waals surface area (Å²) < 4.78 is 12.1. The molecule has 0 amide bonds. The quantitative estimate of drug-likeness (QED) is 0.164. The topological polar surface area (TPSA) is 103 Å². The maximum absolute atomic E-state index is 13.3. The second-order valence-electron chi connectivity index (χ2n) is 8.93. The van der Waals surface area contributed by atoms with E-state index in [1.807, 2.05) is 72.8 Å². The van der Waals surface area contributed by atoms with Crippen LogP contribution in [0.1, 0.15) is 49.2 Å². The van der Waals surface area contributed by atoms with Crippen molar-refractivity contribution in [2.45, 2.75) is 39.5 Å². The van der Waals surface area contributed by atoms with E-state index in [2.05, 4.69) is 34.5 Å². The highest BCUT2D eigenvalue weighted by atomic mass is 16.5. The smallest absolute Gasteiger partial charge is 0.342 e. The van der Waals surface area contributed by atoms with Gasteiger partial charge in [0.25, 0.3) is 0 Å². The summed E-state index contributed by atoms with van der Waals surface area (Å²) in [5.74, 6) is 1.18. The van der Waals surface area contributed by atoms with Gasteiger partial charge >= 0.3 is 5.97 Å². The van der Waals surface area contributed by atoms with Crippen molar-refractivity contribution in [1.29, 1.82) is 0 Å². The zero-order valence-electron chi connectivity index (χ0n) is 21.5. The van der Waals surface area contributed by atoms with Crippen LogP contribution in [0.15, 0.2) is 72.8 Å². The van der Waals surface area contributed by atoms with Crippen LogP contribution in [0.25, 0.3) is 33.4 Å². The number of pyridine rings is 1. The highest BCUT2D eigenvalue weighted by Gasteiger charge is 2.24. The van der Waals surface area contributed by atoms with E-state index in [9.17, 15) is 4.79 Å². The first-order valence-electron chi connectivity index (χ1n) is 12.9. The van der Waals surface area contributed by atoms with Crippen molar-refractivity contribution in [2.75, 3.05) is 6.61 Å². The second-order valence-corrected chi connectivity index (χ2v) is 8.93. The highest BCUT2D eigenvalue weighted by Crippen LogP contribution is 2.36. The largest absolute Gasteiger partial charge is 0.462 e. The maximum Gasteiger partial charge on any atom is 0.342 e. The number of unbranched alkanes of at least 4 members (excludes halogenated alkanes) is 1. The lowest BCUT2D eigenvalue weighted by atomic mass is 9.99. The van der Waals surface area contributed by atoms with E-state index in [1.54, 1.807) is 0 Å². The number of rotatable bonds is 10. The molecule has 0 unspecified atom stereocenters. The van der Waals surface area contributed by atoms with E-state index >= 15 is 0 Å². The minimum Gasteiger partial charge on any atom is -0.462 e. The molecular weight excluding hydrogens is 478 g/mol. The van der Waals surface area contributed by atoms with Crippen molar-refractivity contribution in [3.05, 3.63) is 84.1 Å². The predicted molar refractivity (Wildman–Crippen MR) is 146 cm³/mol. The van der Waals surface area contributed by atoms with Crippen molar-refractivity contribution in [2.24, 2.45) is 0 Å². The molecule has 0 spiro atoms. The average molecular weight is 508 g/mol. The monoisotopic (exact) mass is 507 g/mol. The summed E-state index contributed by atoms with van der Waals surface area (Å²) in [7, 11) is 0. The van der Waals surface area contributed by atoms with Gasteiger partial charge in [0.1, 0.15) is 11.3 Å². The molecule has 8 heteroatoms. The molecule has 3 aromatic carbocycles. The summed E-state index contributed by atoms with van der Waals surface area (Å²) >= 11 is 0. The number of nitrogens with one attached hydrogen (secondary N) is 1. The number of aromatic amines is 1. The fourth-order valence-corrected chi connectivity index (χ4v) is 4.37. The fourth-order valence-electron chi connectivity index (χ4n) is 4.37. The Kier molecular flexibility index (Phi) is 7.68. The predicted octanol–water partition coefficient (Wildman–Crippen LogP) is 6.78. The van der Waals surface area contributed by atoms with Gasteiger partial charge in [-0.15, -0.1) is 10.2 Å². The number of para-hydroxylation sites is 1. The lowest BCUT2D eigenvalue weighted by Crippen LogP contribution is -2.11.